The number of hydrogen-bond acceptors (Lipinski definition) is 4. The average molecular weight is 203 g/mol. The predicted octanol–water partition coefficient (Wildman–Crippen LogP) is 0.578. The maximum absolute atomic E-state index is 4.15. The van der Waals surface area contributed by atoms with Gasteiger partial charge >= 0.3 is 0 Å². The van der Waals surface area contributed by atoms with E-state index >= 15 is 0 Å². The lowest BCUT2D eigenvalue weighted by Gasteiger charge is -2.09. The van der Waals surface area contributed by atoms with E-state index in [1.807, 2.05) is 10.7 Å². The average Bonchev–Trinajstić information content (AvgIpc) is 2.89. The minimum Gasteiger partial charge on any atom is -0.312 e. The molecule has 3 rings (SSSR count). The Morgan fingerprint density at radius 2 is 2.53 bits per heavy atom. The molecule has 15 heavy (non-hydrogen) atoms. The molecule has 0 aliphatic carbocycles. The molecule has 0 spiro atoms. The van der Waals surface area contributed by atoms with Gasteiger partial charge in [-0.1, -0.05) is 5.21 Å². The van der Waals surface area contributed by atoms with Crippen LogP contribution in [0.25, 0.3) is 11.0 Å². The molecule has 1 atom stereocenters. The summed E-state index contributed by atoms with van der Waals surface area (Å²) in [4.78, 5) is 4.03. The van der Waals surface area contributed by atoms with Crippen molar-refractivity contribution in [3.8, 4) is 0 Å². The van der Waals surface area contributed by atoms with Gasteiger partial charge in [0.15, 0.2) is 0 Å². The van der Waals surface area contributed by atoms with Gasteiger partial charge in [0, 0.05) is 12.2 Å². The summed E-state index contributed by atoms with van der Waals surface area (Å²) in [7, 11) is 0. The summed E-state index contributed by atoms with van der Waals surface area (Å²) in [5.41, 5.74) is 1.94. The lowest BCUT2D eigenvalue weighted by molar-refractivity contribution is 0.476. The van der Waals surface area contributed by atoms with Gasteiger partial charge in [-0.25, -0.2) is 4.68 Å². The number of rotatable bonds is 2. The second-order valence-corrected chi connectivity index (χ2v) is 3.93. The number of hydrogen-bond donors (Lipinski definition) is 1. The smallest absolute Gasteiger partial charge is 0.131 e. The van der Waals surface area contributed by atoms with Crippen molar-refractivity contribution < 1.29 is 0 Å². The van der Waals surface area contributed by atoms with Crippen molar-refractivity contribution in [3.05, 3.63) is 18.5 Å². The van der Waals surface area contributed by atoms with Crippen LogP contribution in [0.1, 0.15) is 12.8 Å². The molecule has 0 amide bonds. The standard InChI is InChI=1S/C10H13N5/c1-2-8(12-4-1)7-15-10-3-5-11-6-9(10)13-14-15/h3,5-6,8,12H,1-2,4,7H2. The Kier molecular flexibility index (Phi) is 2.10. The first-order valence-corrected chi connectivity index (χ1v) is 5.30. The Morgan fingerprint density at radius 3 is 3.40 bits per heavy atom. The molecule has 5 nitrogen and oxygen atoms in total. The summed E-state index contributed by atoms with van der Waals surface area (Å²) in [6.07, 6.45) is 6.02. The van der Waals surface area contributed by atoms with Crippen LogP contribution in [0.3, 0.4) is 0 Å². The summed E-state index contributed by atoms with van der Waals surface area (Å²) in [5, 5.41) is 11.7. The van der Waals surface area contributed by atoms with Crippen LogP contribution in [0.15, 0.2) is 18.5 Å². The normalized spacial score (nSPS) is 21.2. The van der Waals surface area contributed by atoms with Gasteiger partial charge in [-0.2, -0.15) is 0 Å². The fourth-order valence-electron chi connectivity index (χ4n) is 2.08. The van der Waals surface area contributed by atoms with E-state index < -0.39 is 0 Å². The minimum absolute atomic E-state index is 0.545. The van der Waals surface area contributed by atoms with E-state index in [2.05, 4.69) is 20.6 Å². The second kappa shape index (κ2) is 3.58. The zero-order valence-corrected chi connectivity index (χ0v) is 8.43. The maximum atomic E-state index is 4.15. The number of nitrogens with one attached hydrogen (secondary N) is 1. The third-order valence-electron chi connectivity index (χ3n) is 2.87. The topological polar surface area (TPSA) is 55.6 Å². The third kappa shape index (κ3) is 1.59. The van der Waals surface area contributed by atoms with Crippen LogP contribution in [-0.4, -0.2) is 32.6 Å². The van der Waals surface area contributed by atoms with Crippen molar-refractivity contribution in [2.45, 2.75) is 25.4 Å². The molecule has 0 aromatic carbocycles. The van der Waals surface area contributed by atoms with Crippen LogP contribution in [0, 0.1) is 0 Å². The first-order chi connectivity index (χ1) is 7.43. The van der Waals surface area contributed by atoms with Gasteiger partial charge in [0.25, 0.3) is 0 Å². The molecule has 1 fully saturated rings. The SMILES string of the molecule is c1cc2c(cn1)nnn2CC1CCCN1. The van der Waals surface area contributed by atoms with Gasteiger partial charge in [-0.3, -0.25) is 4.98 Å². The van der Waals surface area contributed by atoms with E-state index in [0.717, 1.165) is 24.1 Å². The summed E-state index contributed by atoms with van der Waals surface area (Å²) in [6, 6.07) is 2.51. The number of nitrogens with zero attached hydrogens (tertiary/aromatic N) is 4. The van der Waals surface area contributed by atoms with Crippen molar-refractivity contribution >= 4 is 11.0 Å². The van der Waals surface area contributed by atoms with E-state index in [-0.39, 0.29) is 0 Å². The Labute approximate surface area is 87.5 Å². The molecule has 5 heteroatoms. The van der Waals surface area contributed by atoms with Crippen LogP contribution in [0.2, 0.25) is 0 Å². The lowest BCUT2D eigenvalue weighted by atomic mass is 10.2. The van der Waals surface area contributed by atoms with Crippen molar-refractivity contribution in [2.24, 2.45) is 0 Å². The minimum atomic E-state index is 0.545. The molecule has 0 radical (unpaired) electrons. The van der Waals surface area contributed by atoms with E-state index in [4.69, 9.17) is 0 Å². The Morgan fingerprint density at radius 1 is 1.53 bits per heavy atom. The van der Waals surface area contributed by atoms with Crippen molar-refractivity contribution in [3.63, 3.8) is 0 Å². The molecule has 78 valence electrons. The fourth-order valence-corrected chi connectivity index (χ4v) is 2.08. The highest BCUT2D eigenvalue weighted by molar-refractivity contribution is 5.72. The molecule has 1 unspecified atom stereocenters. The molecule has 1 N–H and O–H groups in total. The number of pyridine rings is 1. The fraction of sp³-hybridized carbons (Fsp3) is 0.500. The van der Waals surface area contributed by atoms with E-state index in [1.165, 1.54) is 12.8 Å². The largest absolute Gasteiger partial charge is 0.312 e. The molecule has 1 saturated heterocycles. The third-order valence-corrected chi connectivity index (χ3v) is 2.87. The van der Waals surface area contributed by atoms with Crippen LogP contribution >= 0.6 is 0 Å². The molecule has 2 aromatic rings. The Bertz CT molecular complexity index is 458. The first kappa shape index (κ1) is 8.79. The monoisotopic (exact) mass is 203 g/mol. The van der Waals surface area contributed by atoms with Crippen molar-refractivity contribution in [1.29, 1.82) is 0 Å². The van der Waals surface area contributed by atoms with Crippen LogP contribution < -0.4 is 5.32 Å². The van der Waals surface area contributed by atoms with Crippen LogP contribution in [0.4, 0.5) is 0 Å². The van der Waals surface area contributed by atoms with Crippen LogP contribution in [0.5, 0.6) is 0 Å². The van der Waals surface area contributed by atoms with Gasteiger partial charge in [0.05, 0.1) is 18.3 Å². The molecule has 0 bridgehead atoms. The molecular weight excluding hydrogens is 190 g/mol. The molecule has 0 saturated carbocycles. The van der Waals surface area contributed by atoms with Gasteiger partial charge in [-0.05, 0) is 25.5 Å². The highest BCUT2D eigenvalue weighted by Crippen LogP contribution is 2.12. The summed E-state index contributed by atoms with van der Waals surface area (Å²) in [5.74, 6) is 0. The van der Waals surface area contributed by atoms with Crippen molar-refractivity contribution in [2.75, 3.05) is 6.54 Å². The zero-order valence-electron chi connectivity index (χ0n) is 8.43. The summed E-state index contributed by atoms with van der Waals surface area (Å²) < 4.78 is 1.96. The zero-order chi connectivity index (χ0) is 10.1. The van der Waals surface area contributed by atoms with Crippen molar-refractivity contribution in [1.82, 2.24) is 25.3 Å². The molecule has 1 aliphatic rings. The highest BCUT2D eigenvalue weighted by Gasteiger charge is 2.16. The number of aromatic nitrogens is 4. The Hall–Kier alpha value is -1.49. The second-order valence-electron chi connectivity index (χ2n) is 3.93. The highest BCUT2D eigenvalue weighted by atomic mass is 15.4. The molecule has 3 heterocycles. The lowest BCUT2D eigenvalue weighted by Crippen LogP contribution is -2.27. The molecule has 1 aliphatic heterocycles. The number of fused-ring (bicyclic) bond motifs is 1. The van der Waals surface area contributed by atoms with Gasteiger partial charge < -0.3 is 5.32 Å². The van der Waals surface area contributed by atoms with Crippen LogP contribution in [-0.2, 0) is 6.54 Å². The quantitative estimate of drug-likeness (QED) is 0.775. The van der Waals surface area contributed by atoms with E-state index in [1.54, 1.807) is 12.4 Å². The van der Waals surface area contributed by atoms with E-state index in [9.17, 15) is 0 Å². The molecule has 2 aromatic heterocycles. The van der Waals surface area contributed by atoms with E-state index in [0.29, 0.717) is 6.04 Å². The maximum Gasteiger partial charge on any atom is 0.131 e. The summed E-state index contributed by atoms with van der Waals surface area (Å²) >= 11 is 0. The Balaban J connectivity index is 1.90. The first-order valence-electron chi connectivity index (χ1n) is 5.30. The van der Waals surface area contributed by atoms with Gasteiger partial charge in [-0.15, -0.1) is 5.10 Å². The van der Waals surface area contributed by atoms with Gasteiger partial charge in [0.1, 0.15) is 5.52 Å². The van der Waals surface area contributed by atoms with Gasteiger partial charge in [0.2, 0.25) is 0 Å². The predicted molar refractivity (Wildman–Crippen MR) is 56.3 cm³/mol. The summed E-state index contributed by atoms with van der Waals surface area (Å²) in [6.45, 7) is 2.03. The molecular formula is C10H13N5.